The Morgan fingerprint density at radius 1 is 1.29 bits per heavy atom. The summed E-state index contributed by atoms with van der Waals surface area (Å²) in [7, 11) is 5.78. The van der Waals surface area contributed by atoms with Gasteiger partial charge in [0.2, 0.25) is 0 Å². The maximum Gasteiger partial charge on any atom is 0.194 e. The smallest absolute Gasteiger partial charge is 0.194 e. The largest absolute Gasteiger partial charge is 0.351 e. The highest BCUT2D eigenvalue weighted by molar-refractivity contribution is 14.0. The first-order valence-corrected chi connectivity index (χ1v) is 9.21. The van der Waals surface area contributed by atoms with E-state index in [0.717, 1.165) is 29.0 Å². The molecule has 0 aliphatic carbocycles. The minimum Gasteiger partial charge on any atom is -0.351 e. The number of imidazole rings is 1. The van der Waals surface area contributed by atoms with Crippen molar-refractivity contribution in [2.75, 3.05) is 14.1 Å². The molecule has 8 heteroatoms. The van der Waals surface area contributed by atoms with E-state index in [9.17, 15) is 0 Å². The van der Waals surface area contributed by atoms with Crippen molar-refractivity contribution in [1.29, 1.82) is 0 Å². The number of nitrogens with zero attached hydrogens (tertiary/aromatic N) is 5. The molecule has 0 amide bonds. The van der Waals surface area contributed by atoms with Gasteiger partial charge in [0.05, 0.1) is 18.1 Å². The van der Waals surface area contributed by atoms with Gasteiger partial charge in [0.1, 0.15) is 5.82 Å². The molecule has 150 valence electrons. The summed E-state index contributed by atoms with van der Waals surface area (Å²) in [5.74, 6) is 1.77. The van der Waals surface area contributed by atoms with Crippen LogP contribution in [0.3, 0.4) is 0 Å². The minimum atomic E-state index is 0. The van der Waals surface area contributed by atoms with Crippen molar-refractivity contribution in [2.45, 2.75) is 19.6 Å². The van der Waals surface area contributed by atoms with Crippen molar-refractivity contribution in [2.24, 2.45) is 12.0 Å². The lowest BCUT2D eigenvalue weighted by molar-refractivity contribution is 0.459. The molecule has 0 unspecified atom stereocenters. The molecule has 6 nitrogen and oxygen atoms in total. The fourth-order valence-electron chi connectivity index (χ4n) is 3.02. The summed E-state index contributed by atoms with van der Waals surface area (Å²) < 4.78 is 4.17. The molecule has 0 spiro atoms. The summed E-state index contributed by atoms with van der Waals surface area (Å²) in [6.45, 7) is 2.11. The summed E-state index contributed by atoms with van der Waals surface area (Å²) >= 11 is 6.08. The lowest BCUT2D eigenvalue weighted by atomic mass is 10.2. The fraction of sp³-hybridized carbons (Fsp3) is 0.300. The van der Waals surface area contributed by atoms with Crippen LogP contribution in [0.25, 0.3) is 0 Å². The molecule has 0 fully saturated rings. The summed E-state index contributed by atoms with van der Waals surface area (Å²) in [6, 6.07) is 12.3. The van der Waals surface area contributed by atoms with Gasteiger partial charge in [-0.3, -0.25) is 4.99 Å². The quantitative estimate of drug-likeness (QED) is 0.311. The van der Waals surface area contributed by atoms with Crippen LogP contribution in [0.1, 0.15) is 17.1 Å². The second-order valence-corrected chi connectivity index (χ2v) is 6.91. The summed E-state index contributed by atoms with van der Waals surface area (Å²) in [4.78, 5) is 10.9. The zero-order valence-electron chi connectivity index (χ0n) is 16.3. The first-order valence-electron chi connectivity index (χ1n) is 8.83. The van der Waals surface area contributed by atoms with Crippen molar-refractivity contribution < 1.29 is 0 Å². The van der Waals surface area contributed by atoms with Crippen molar-refractivity contribution in [3.05, 3.63) is 77.1 Å². The average molecular weight is 513 g/mol. The zero-order chi connectivity index (χ0) is 19.2. The third-order valence-electron chi connectivity index (χ3n) is 4.45. The highest BCUT2D eigenvalue weighted by Crippen LogP contribution is 2.14. The van der Waals surface area contributed by atoms with Gasteiger partial charge >= 0.3 is 0 Å². The van der Waals surface area contributed by atoms with E-state index < -0.39 is 0 Å². The van der Waals surface area contributed by atoms with Gasteiger partial charge in [-0.25, -0.2) is 4.98 Å². The number of hydrogen-bond donors (Lipinski definition) is 1. The third-order valence-corrected chi connectivity index (χ3v) is 4.66. The molecule has 0 saturated carbocycles. The summed E-state index contributed by atoms with van der Waals surface area (Å²) in [6.07, 6.45) is 5.74. The molecule has 3 aromatic rings. The number of hydrogen-bond acceptors (Lipinski definition) is 2. The predicted molar refractivity (Wildman–Crippen MR) is 125 cm³/mol. The topological polar surface area (TPSA) is 50.4 Å². The van der Waals surface area contributed by atoms with E-state index in [4.69, 9.17) is 11.6 Å². The SMILES string of the molecule is CN=C(NCc1nccn1Cc1ccccc1)N(C)Cc1cc(Cl)cn1C.I. The number of aryl methyl sites for hydroxylation is 1. The Kier molecular flexibility index (Phi) is 8.37. The third kappa shape index (κ3) is 5.75. The maximum atomic E-state index is 6.08. The van der Waals surface area contributed by atoms with Crippen molar-refractivity contribution in [3.8, 4) is 0 Å². The van der Waals surface area contributed by atoms with Crippen LogP contribution < -0.4 is 5.32 Å². The number of aliphatic imine (C=N–C) groups is 1. The van der Waals surface area contributed by atoms with Crippen LogP contribution in [0.4, 0.5) is 0 Å². The summed E-state index contributed by atoms with van der Waals surface area (Å²) in [5, 5.41) is 4.14. The van der Waals surface area contributed by atoms with Gasteiger partial charge in [-0.2, -0.15) is 0 Å². The molecule has 1 N–H and O–H groups in total. The van der Waals surface area contributed by atoms with Gasteiger partial charge in [0, 0.05) is 52.0 Å². The number of nitrogens with one attached hydrogen (secondary N) is 1. The van der Waals surface area contributed by atoms with Gasteiger partial charge in [-0.15, -0.1) is 24.0 Å². The van der Waals surface area contributed by atoms with Gasteiger partial charge in [0.15, 0.2) is 5.96 Å². The second-order valence-electron chi connectivity index (χ2n) is 6.47. The van der Waals surface area contributed by atoms with Crippen LogP contribution in [-0.4, -0.2) is 39.1 Å². The average Bonchev–Trinajstić information content (AvgIpc) is 3.22. The van der Waals surface area contributed by atoms with Crippen LogP contribution in [-0.2, 0) is 26.7 Å². The van der Waals surface area contributed by atoms with Crippen LogP contribution >= 0.6 is 35.6 Å². The van der Waals surface area contributed by atoms with E-state index in [1.807, 2.05) is 49.4 Å². The van der Waals surface area contributed by atoms with Crippen LogP contribution in [0.2, 0.25) is 5.02 Å². The normalized spacial score (nSPS) is 11.2. The lowest BCUT2D eigenvalue weighted by Crippen LogP contribution is -2.38. The molecule has 3 rings (SSSR count). The molecule has 2 heterocycles. The monoisotopic (exact) mass is 512 g/mol. The van der Waals surface area contributed by atoms with Crippen molar-refractivity contribution >= 4 is 41.5 Å². The Bertz CT molecular complexity index is 903. The van der Waals surface area contributed by atoms with E-state index >= 15 is 0 Å². The molecule has 28 heavy (non-hydrogen) atoms. The second kappa shape index (κ2) is 10.5. The van der Waals surface area contributed by atoms with Gasteiger partial charge in [-0.05, 0) is 11.6 Å². The molecule has 0 atom stereocenters. The van der Waals surface area contributed by atoms with E-state index in [0.29, 0.717) is 13.1 Å². The van der Waals surface area contributed by atoms with Gasteiger partial charge in [-0.1, -0.05) is 41.9 Å². The van der Waals surface area contributed by atoms with Gasteiger partial charge < -0.3 is 19.4 Å². The molecular formula is C20H26ClIN6. The Morgan fingerprint density at radius 2 is 2.04 bits per heavy atom. The van der Waals surface area contributed by atoms with E-state index in [1.54, 1.807) is 7.05 Å². The van der Waals surface area contributed by atoms with Crippen molar-refractivity contribution in [3.63, 3.8) is 0 Å². The van der Waals surface area contributed by atoms with Crippen LogP contribution in [0, 0.1) is 0 Å². The Morgan fingerprint density at radius 3 is 2.68 bits per heavy atom. The molecular weight excluding hydrogens is 487 g/mol. The van der Waals surface area contributed by atoms with E-state index in [2.05, 4.69) is 49.0 Å². The molecule has 0 aliphatic rings. The first-order chi connectivity index (χ1) is 13.1. The Labute approximate surface area is 188 Å². The van der Waals surface area contributed by atoms with Crippen molar-refractivity contribution in [1.82, 2.24) is 24.3 Å². The fourth-order valence-corrected chi connectivity index (χ4v) is 3.29. The summed E-state index contributed by atoms with van der Waals surface area (Å²) in [5.41, 5.74) is 2.37. The standard InChI is InChI=1S/C20H25ClN6.HI/c1-22-20(26(3)15-18-11-17(21)14-25(18)2)24-12-19-23-9-10-27(19)13-16-7-5-4-6-8-16;/h4-11,14H,12-13,15H2,1-3H3,(H,22,24);1H. The molecule has 2 aromatic heterocycles. The van der Waals surface area contributed by atoms with Gasteiger partial charge in [0.25, 0.3) is 0 Å². The number of aromatic nitrogens is 3. The molecule has 0 aliphatic heterocycles. The number of guanidine groups is 1. The Hall–Kier alpha value is -2.00. The number of benzene rings is 1. The van der Waals surface area contributed by atoms with E-state index in [1.165, 1.54) is 5.56 Å². The highest BCUT2D eigenvalue weighted by atomic mass is 127. The lowest BCUT2D eigenvalue weighted by Gasteiger charge is -2.22. The van der Waals surface area contributed by atoms with Crippen LogP contribution in [0.15, 0.2) is 60.0 Å². The molecule has 0 radical (unpaired) electrons. The van der Waals surface area contributed by atoms with E-state index in [-0.39, 0.29) is 24.0 Å². The zero-order valence-corrected chi connectivity index (χ0v) is 19.4. The highest BCUT2D eigenvalue weighted by Gasteiger charge is 2.11. The molecule has 0 bridgehead atoms. The maximum absolute atomic E-state index is 6.08. The van der Waals surface area contributed by atoms with Crippen LogP contribution in [0.5, 0.6) is 0 Å². The predicted octanol–water partition coefficient (Wildman–Crippen LogP) is 3.75. The first kappa shape index (κ1) is 22.3. The minimum absolute atomic E-state index is 0. The number of halogens is 2. The molecule has 1 aromatic carbocycles. The molecule has 0 saturated heterocycles. The number of rotatable bonds is 6. The Balaban J connectivity index is 0.00000280.